The SMILES string of the molecule is COc1ncnc(OC)c1-n1c(CS(=O)(=O)[C@@H](C)[C@H](OC)c2ncc(Cl)cn2)nnc1C1CC(O)C1. The Labute approximate surface area is 212 Å². The highest BCUT2D eigenvalue weighted by molar-refractivity contribution is 7.91. The molecule has 15 heteroatoms. The van der Waals surface area contributed by atoms with Gasteiger partial charge in [-0.15, -0.1) is 10.2 Å². The van der Waals surface area contributed by atoms with E-state index < -0.39 is 33.0 Å². The maximum absolute atomic E-state index is 13.6. The van der Waals surface area contributed by atoms with Crippen molar-refractivity contribution in [1.29, 1.82) is 0 Å². The van der Waals surface area contributed by atoms with E-state index in [2.05, 4.69) is 30.1 Å². The van der Waals surface area contributed by atoms with Gasteiger partial charge in [0, 0.05) is 25.4 Å². The Hall–Kier alpha value is -2.94. The molecule has 13 nitrogen and oxygen atoms in total. The van der Waals surface area contributed by atoms with Crippen LogP contribution in [0.5, 0.6) is 11.8 Å². The number of methoxy groups -OCH3 is 3. The molecular formula is C21H26ClN7O6S. The highest BCUT2D eigenvalue weighted by Crippen LogP contribution is 2.40. The predicted molar refractivity (Wildman–Crippen MR) is 127 cm³/mol. The number of aliphatic hydroxyl groups is 1. The summed E-state index contributed by atoms with van der Waals surface area (Å²) in [5.74, 6) is 0.405. The molecule has 3 aromatic heterocycles. The molecule has 0 unspecified atom stereocenters. The number of aliphatic hydroxyl groups excluding tert-OH is 1. The molecule has 0 saturated heterocycles. The van der Waals surface area contributed by atoms with Gasteiger partial charge in [0.15, 0.2) is 27.2 Å². The lowest BCUT2D eigenvalue weighted by molar-refractivity contribution is 0.0709. The number of nitrogens with zero attached hydrogens (tertiary/aromatic N) is 7. The average molecular weight is 540 g/mol. The monoisotopic (exact) mass is 539 g/mol. The zero-order chi connectivity index (χ0) is 26.0. The van der Waals surface area contributed by atoms with E-state index in [9.17, 15) is 13.5 Å². The summed E-state index contributed by atoms with van der Waals surface area (Å²) in [6.07, 6.45) is 3.52. The molecule has 0 amide bonds. The Morgan fingerprint density at radius 2 is 1.69 bits per heavy atom. The fourth-order valence-electron chi connectivity index (χ4n) is 4.04. The van der Waals surface area contributed by atoms with Crippen LogP contribution in [-0.4, -0.2) is 80.9 Å². The van der Waals surface area contributed by atoms with Crippen LogP contribution in [0.15, 0.2) is 18.7 Å². The van der Waals surface area contributed by atoms with Gasteiger partial charge in [-0.25, -0.2) is 18.4 Å². The molecule has 1 aliphatic carbocycles. The van der Waals surface area contributed by atoms with Crippen LogP contribution in [-0.2, 0) is 20.3 Å². The molecule has 3 heterocycles. The lowest BCUT2D eigenvalue weighted by Crippen LogP contribution is -2.31. The third kappa shape index (κ3) is 4.98. The van der Waals surface area contributed by atoms with Gasteiger partial charge in [-0.2, -0.15) is 9.97 Å². The van der Waals surface area contributed by atoms with Crippen molar-refractivity contribution < 1.29 is 27.7 Å². The number of aromatic nitrogens is 7. The molecule has 0 radical (unpaired) electrons. The van der Waals surface area contributed by atoms with E-state index in [0.717, 1.165) is 0 Å². The van der Waals surface area contributed by atoms with E-state index in [4.69, 9.17) is 25.8 Å². The standard InChI is InChI=1S/C21H26ClN7O6S/c1-11(17(33-2)18-23-7-13(22)8-24-18)36(31,32)9-15-27-28-19(12-5-14(30)6-12)29(15)16-20(34-3)25-10-26-21(16)35-4/h7-8,10-12,14,17,30H,5-6,9H2,1-4H3/t11-,12?,14?,17-/m0/s1. The van der Waals surface area contributed by atoms with Crippen LogP contribution in [0.3, 0.4) is 0 Å². The molecule has 0 aromatic carbocycles. The number of rotatable bonds is 10. The minimum atomic E-state index is -3.90. The third-order valence-electron chi connectivity index (χ3n) is 6.07. The molecule has 0 bridgehead atoms. The number of sulfone groups is 1. The second kappa shape index (κ2) is 10.6. The predicted octanol–water partition coefficient (Wildman–Crippen LogP) is 1.45. The Bertz CT molecular complexity index is 1290. The minimum absolute atomic E-state index is 0.108. The lowest BCUT2D eigenvalue weighted by atomic mass is 9.82. The normalized spacial score (nSPS) is 19.4. The molecular weight excluding hydrogens is 514 g/mol. The van der Waals surface area contributed by atoms with Crippen molar-refractivity contribution in [1.82, 2.24) is 34.7 Å². The Balaban J connectivity index is 1.76. The summed E-state index contributed by atoms with van der Waals surface area (Å²) in [4.78, 5) is 16.5. The maximum Gasteiger partial charge on any atom is 0.245 e. The van der Waals surface area contributed by atoms with Crippen LogP contribution in [0.25, 0.3) is 5.69 Å². The van der Waals surface area contributed by atoms with Crippen molar-refractivity contribution in [2.45, 2.75) is 48.9 Å². The first kappa shape index (κ1) is 26.1. The summed E-state index contributed by atoms with van der Waals surface area (Å²) in [5, 5.41) is 17.6. The summed E-state index contributed by atoms with van der Waals surface area (Å²) in [6, 6.07) is 0. The van der Waals surface area contributed by atoms with E-state index in [1.54, 1.807) is 4.57 Å². The van der Waals surface area contributed by atoms with Crippen LogP contribution in [0.2, 0.25) is 5.02 Å². The van der Waals surface area contributed by atoms with Gasteiger partial charge in [0.05, 0.1) is 30.6 Å². The molecule has 2 atom stereocenters. The Kier molecular flexibility index (Phi) is 7.68. The Morgan fingerprint density at radius 1 is 1.08 bits per heavy atom. The summed E-state index contributed by atoms with van der Waals surface area (Å²) in [7, 11) is 0.339. The van der Waals surface area contributed by atoms with Crippen molar-refractivity contribution in [3.63, 3.8) is 0 Å². The van der Waals surface area contributed by atoms with Crippen molar-refractivity contribution in [2.75, 3.05) is 21.3 Å². The molecule has 3 aromatic rings. The van der Waals surface area contributed by atoms with E-state index in [1.807, 2.05) is 0 Å². The van der Waals surface area contributed by atoms with Crippen molar-refractivity contribution in [3.05, 3.63) is 41.2 Å². The smallest absolute Gasteiger partial charge is 0.245 e. The van der Waals surface area contributed by atoms with Gasteiger partial charge in [0.1, 0.15) is 24.0 Å². The van der Waals surface area contributed by atoms with Gasteiger partial charge in [-0.3, -0.25) is 4.57 Å². The summed E-state index contributed by atoms with van der Waals surface area (Å²) in [6.45, 7) is 1.51. The molecule has 0 spiro atoms. The average Bonchev–Trinajstić information content (AvgIpc) is 3.24. The molecule has 1 saturated carbocycles. The third-order valence-corrected chi connectivity index (χ3v) is 8.31. The van der Waals surface area contributed by atoms with Gasteiger partial charge in [-0.1, -0.05) is 11.6 Å². The van der Waals surface area contributed by atoms with Gasteiger partial charge in [-0.05, 0) is 19.8 Å². The molecule has 194 valence electrons. The first-order valence-corrected chi connectivity index (χ1v) is 13.1. The van der Waals surface area contributed by atoms with Crippen LogP contribution in [0.1, 0.15) is 49.3 Å². The number of ether oxygens (including phenoxy) is 3. The molecule has 0 aliphatic heterocycles. The quantitative estimate of drug-likeness (QED) is 0.394. The van der Waals surface area contributed by atoms with E-state index >= 15 is 0 Å². The van der Waals surface area contributed by atoms with Crippen LogP contribution < -0.4 is 9.47 Å². The molecule has 36 heavy (non-hydrogen) atoms. The number of halogens is 1. The molecule has 1 fully saturated rings. The summed E-state index contributed by atoms with van der Waals surface area (Å²) in [5.41, 5.74) is 0.270. The largest absolute Gasteiger partial charge is 0.479 e. The molecule has 1 aliphatic rings. The number of hydrogen-bond donors (Lipinski definition) is 1. The molecule has 4 rings (SSSR count). The van der Waals surface area contributed by atoms with E-state index in [1.165, 1.54) is 47.0 Å². The first-order chi connectivity index (χ1) is 17.2. The lowest BCUT2D eigenvalue weighted by Gasteiger charge is -2.31. The van der Waals surface area contributed by atoms with Gasteiger partial charge in [0.2, 0.25) is 11.8 Å². The highest BCUT2D eigenvalue weighted by Gasteiger charge is 2.38. The first-order valence-electron chi connectivity index (χ1n) is 11.0. The van der Waals surface area contributed by atoms with E-state index in [0.29, 0.717) is 23.7 Å². The topological polar surface area (TPSA) is 164 Å². The Morgan fingerprint density at radius 3 is 2.22 bits per heavy atom. The highest BCUT2D eigenvalue weighted by atomic mass is 35.5. The van der Waals surface area contributed by atoms with Crippen molar-refractivity contribution >= 4 is 21.4 Å². The maximum atomic E-state index is 13.6. The zero-order valence-electron chi connectivity index (χ0n) is 20.1. The fraction of sp³-hybridized carbons (Fsp3) is 0.524. The van der Waals surface area contributed by atoms with Gasteiger partial charge < -0.3 is 19.3 Å². The minimum Gasteiger partial charge on any atom is -0.479 e. The van der Waals surface area contributed by atoms with Crippen molar-refractivity contribution in [2.24, 2.45) is 0 Å². The van der Waals surface area contributed by atoms with Crippen molar-refractivity contribution in [3.8, 4) is 17.4 Å². The van der Waals surface area contributed by atoms with Crippen LogP contribution in [0, 0.1) is 0 Å². The van der Waals surface area contributed by atoms with Crippen LogP contribution in [0.4, 0.5) is 0 Å². The van der Waals surface area contributed by atoms with E-state index in [-0.39, 0.29) is 35.0 Å². The van der Waals surface area contributed by atoms with Gasteiger partial charge >= 0.3 is 0 Å². The summed E-state index contributed by atoms with van der Waals surface area (Å²) < 4.78 is 45.0. The number of hydrogen-bond acceptors (Lipinski definition) is 12. The molecule has 1 N–H and O–H groups in total. The van der Waals surface area contributed by atoms with Crippen LogP contribution >= 0.6 is 11.6 Å². The second-order valence-electron chi connectivity index (χ2n) is 8.30. The summed E-state index contributed by atoms with van der Waals surface area (Å²) >= 11 is 5.87. The zero-order valence-corrected chi connectivity index (χ0v) is 21.6. The van der Waals surface area contributed by atoms with Gasteiger partial charge in [0.25, 0.3) is 0 Å². The fourth-order valence-corrected chi connectivity index (χ4v) is 5.56. The second-order valence-corrected chi connectivity index (χ2v) is 11.1.